The molecule has 100 valence electrons. The highest BCUT2D eigenvalue weighted by molar-refractivity contribution is 6.99. The second kappa shape index (κ2) is 5.67. The minimum Gasteiger partial charge on any atom is -0.493 e. The second-order valence-corrected chi connectivity index (χ2v) is 5.31. The Hall–Kier alpha value is -1.46. The molecule has 4 nitrogen and oxygen atoms in total. The molecule has 1 unspecified atom stereocenters. The summed E-state index contributed by atoms with van der Waals surface area (Å²) in [6.45, 7) is 0.822. The largest absolute Gasteiger partial charge is 0.493 e. The predicted octanol–water partition coefficient (Wildman–Crippen LogP) is 2.37. The molecule has 19 heavy (non-hydrogen) atoms. The lowest BCUT2D eigenvalue weighted by Gasteiger charge is -2.13. The van der Waals surface area contributed by atoms with Crippen molar-refractivity contribution in [2.45, 2.75) is 25.3 Å². The highest BCUT2D eigenvalue weighted by atomic mass is 32.1. The zero-order valence-electron chi connectivity index (χ0n) is 10.9. The van der Waals surface area contributed by atoms with Gasteiger partial charge in [-0.2, -0.15) is 8.75 Å². The number of aryl methyl sites for hydroxylation is 1. The molecule has 1 aliphatic heterocycles. The van der Waals surface area contributed by atoms with Gasteiger partial charge in [0.1, 0.15) is 5.75 Å². The van der Waals surface area contributed by atoms with E-state index >= 15 is 0 Å². The van der Waals surface area contributed by atoms with Crippen molar-refractivity contribution in [3.05, 3.63) is 41.2 Å². The fourth-order valence-electron chi connectivity index (χ4n) is 2.47. The van der Waals surface area contributed by atoms with Gasteiger partial charge < -0.3 is 10.1 Å². The van der Waals surface area contributed by atoms with Gasteiger partial charge in [-0.05, 0) is 37.1 Å². The maximum Gasteiger partial charge on any atom is 0.122 e. The number of hydrogen-bond acceptors (Lipinski definition) is 5. The van der Waals surface area contributed by atoms with E-state index in [1.54, 1.807) is 0 Å². The van der Waals surface area contributed by atoms with Crippen LogP contribution in [0.5, 0.6) is 5.75 Å². The van der Waals surface area contributed by atoms with Crippen LogP contribution in [0.15, 0.2) is 24.4 Å². The van der Waals surface area contributed by atoms with E-state index in [4.69, 9.17) is 4.74 Å². The van der Waals surface area contributed by atoms with E-state index in [0.717, 1.165) is 37.3 Å². The van der Waals surface area contributed by atoms with E-state index in [-0.39, 0.29) is 6.04 Å². The van der Waals surface area contributed by atoms with Gasteiger partial charge in [-0.1, -0.05) is 12.1 Å². The molecule has 0 bridgehead atoms. The van der Waals surface area contributed by atoms with Crippen LogP contribution < -0.4 is 10.1 Å². The Morgan fingerprint density at radius 1 is 1.47 bits per heavy atom. The summed E-state index contributed by atoms with van der Waals surface area (Å²) in [6.07, 6.45) is 4.95. The Balaban J connectivity index is 1.65. The molecular formula is C14H17N3OS. The molecule has 1 aromatic carbocycles. The second-order valence-electron chi connectivity index (χ2n) is 4.75. The molecular weight excluding hydrogens is 258 g/mol. The molecule has 2 heterocycles. The van der Waals surface area contributed by atoms with Crippen LogP contribution in [0.4, 0.5) is 0 Å². The maximum atomic E-state index is 5.53. The monoisotopic (exact) mass is 275 g/mol. The van der Waals surface area contributed by atoms with Crippen molar-refractivity contribution >= 4 is 11.7 Å². The van der Waals surface area contributed by atoms with E-state index in [0.29, 0.717) is 0 Å². The molecule has 1 N–H and O–H groups in total. The lowest BCUT2D eigenvalue weighted by atomic mass is 10.0. The van der Waals surface area contributed by atoms with Crippen molar-refractivity contribution in [1.29, 1.82) is 0 Å². The zero-order valence-corrected chi connectivity index (χ0v) is 11.7. The average Bonchev–Trinajstić information content (AvgIpc) is 3.10. The lowest BCUT2D eigenvalue weighted by molar-refractivity contribution is 0.357. The van der Waals surface area contributed by atoms with Crippen LogP contribution >= 0.6 is 11.7 Å². The fourth-order valence-corrected chi connectivity index (χ4v) is 2.94. The number of fused-ring (bicyclic) bond motifs is 1. The van der Waals surface area contributed by atoms with Crippen LogP contribution in [0, 0.1) is 0 Å². The Morgan fingerprint density at radius 3 is 3.21 bits per heavy atom. The first-order valence-corrected chi connectivity index (χ1v) is 7.29. The topological polar surface area (TPSA) is 47.0 Å². The molecule has 5 heteroatoms. The normalized spacial score (nSPS) is 15.0. The molecule has 0 fully saturated rings. The van der Waals surface area contributed by atoms with Crippen LogP contribution in [-0.4, -0.2) is 22.4 Å². The van der Waals surface area contributed by atoms with E-state index in [2.05, 4.69) is 32.3 Å². The summed E-state index contributed by atoms with van der Waals surface area (Å²) >= 11 is 1.26. The highest BCUT2D eigenvalue weighted by Gasteiger charge is 2.14. The molecule has 0 amide bonds. The summed E-state index contributed by atoms with van der Waals surface area (Å²) in [6, 6.07) is 6.81. The molecule has 0 radical (unpaired) electrons. The lowest BCUT2D eigenvalue weighted by Crippen LogP contribution is -2.17. The van der Waals surface area contributed by atoms with Gasteiger partial charge in [-0.15, -0.1) is 0 Å². The zero-order chi connectivity index (χ0) is 13.1. The number of ether oxygens (including phenoxy) is 1. The van der Waals surface area contributed by atoms with E-state index in [1.807, 2.05) is 13.2 Å². The van der Waals surface area contributed by atoms with Crippen LogP contribution in [0.1, 0.15) is 29.3 Å². The van der Waals surface area contributed by atoms with Crippen molar-refractivity contribution in [1.82, 2.24) is 14.1 Å². The number of rotatable bonds is 5. The van der Waals surface area contributed by atoms with Gasteiger partial charge in [-0.25, -0.2) is 0 Å². The van der Waals surface area contributed by atoms with Crippen LogP contribution in [-0.2, 0) is 12.8 Å². The van der Waals surface area contributed by atoms with Crippen LogP contribution in [0.25, 0.3) is 0 Å². The SMILES string of the molecule is CNC(CCc1ccc2c(c1)CCO2)c1cnsn1. The van der Waals surface area contributed by atoms with Gasteiger partial charge in [0, 0.05) is 6.42 Å². The third kappa shape index (κ3) is 2.77. The molecule has 0 aliphatic carbocycles. The van der Waals surface area contributed by atoms with Gasteiger partial charge in [0.25, 0.3) is 0 Å². The van der Waals surface area contributed by atoms with Gasteiger partial charge in [0.15, 0.2) is 0 Å². The van der Waals surface area contributed by atoms with E-state index in [9.17, 15) is 0 Å². The van der Waals surface area contributed by atoms with Crippen molar-refractivity contribution in [3.8, 4) is 5.75 Å². The van der Waals surface area contributed by atoms with Gasteiger partial charge in [0.05, 0.1) is 36.3 Å². The summed E-state index contributed by atoms with van der Waals surface area (Å²) < 4.78 is 13.9. The number of nitrogens with one attached hydrogen (secondary N) is 1. The molecule has 2 aromatic rings. The van der Waals surface area contributed by atoms with Crippen molar-refractivity contribution < 1.29 is 4.74 Å². The molecule has 1 aliphatic rings. The Morgan fingerprint density at radius 2 is 2.42 bits per heavy atom. The summed E-state index contributed by atoms with van der Waals surface area (Å²) in [5.74, 6) is 1.05. The third-order valence-electron chi connectivity index (χ3n) is 3.56. The molecule has 0 saturated heterocycles. The molecule has 0 spiro atoms. The number of hydrogen-bond donors (Lipinski definition) is 1. The summed E-state index contributed by atoms with van der Waals surface area (Å²) in [5, 5.41) is 3.31. The van der Waals surface area contributed by atoms with Gasteiger partial charge in [0.2, 0.25) is 0 Å². The molecule has 1 aromatic heterocycles. The van der Waals surface area contributed by atoms with Gasteiger partial charge in [-0.3, -0.25) is 0 Å². The third-order valence-corrected chi connectivity index (χ3v) is 4.05. The predicted molar refractivity (Wildman–Crippen MR) is 75.7 cm³/mol. The van der Waals surface area contributed by atoms with Gasteiger partial charge >= 0.3 is 0 Å². The smallest absolute Gasteiger partial charge is 0.122 e. The molecule has 3 rings (SSSR count). The van der Waals surface area contributed by atoms with Crippen molar-refractivity contribution in [2.24, 2.45) is 0 Å². The quantitative estimate of drug-likeness (QED) is 0.910. The first kappa shape index (κ1) is 12.6. The molecule has 0 saturated carbocycles. The van der Waals surface area contributed by atoms with Crippen LogP contribution in [0.3, 0.4) is 0 Å². The Kier molecular flexibility index (Phi) is 3.75. The minimum atomic E-state index is 0.281. The highest BCUT2D eigenvalue weighted by Crippen LogP contribution is 2.27. The Labute approximate surface area is 117 Å². The van der Waals surface area contributed by atoms with Crippen molar-refractivity contribution in [2.75, 3.05) is 13.7 Å². The molecule has 1 atom stereocenters. The summed E-state index contributed by atoms with van der Waals surface area (Å²) in [5.41, 5.74) is 3.75. The first-order valence-electron chi connectivity index (χ1n) is 6.56. The summed E-state index contributed by atoms with van der Waals surface area (Å²) in [4.78, 5) is 0. The number of aromatic nitrogens is 2. The number of nitrogens with zero attached hydrogens (tertiary/aromatic N) is 2. The fraction of sp³-hybridized carbons (Fsp3) is 0.429. The van der Waals surface area contributed by atoms with Crippen molar-refractivity contribution in [3.63, 3.8) is 0 Å². The van der Waals surface area contributed by atoms with E-state index < -0.39 is 0 Å². The van der Waals surface area contributed by atoms with E-state index in [1.165, 1.54) is 22.9 Å². The number of benzene rings is 1. The summed E-state index contributed by atoms with van der Waals surface area (Å²) in [7, 11) is 1.97. The minimum absolute atomic E-state index is 0.281. The van der Waals surface area contributed by atoms with Crippen LogP contribution in [0.2, 0.25) is 0 Å². The first-order chi connectivity index (χ1) is 9.36. The maximum absolute atomic E-state index is 5.53. The average molecular weight is 275 g/mol. The Bertz CT molecular complexity index is 542. The standard InChI is InChI=1S/C14H17N3OS/c1-15-12(13-9-16-19-17-13)4-2-10-3-5-14-11(8-10)6-7-18-14/h3,5,8-9,12,15H,2,4,6-7H2,1H3.